The molecule has 0 aliphatic heterocycles. The van der Waals surface area contributed by atoms with Crippen molar-refractivity contribution < 1.29 is 5.11 Å². The summed E-state index contributed by atoms with van der Waals surface area (Å²) < 4.78 is 0. The van der Waals surface area contributed by atoms with Gasteiger partial charge in [0, 0.05) is 0 Å². The van der Waals surface area contributed by atoms with Gasteiger partial charge < -0.3 is 5.11 Å². The standard InChI is InChI=1S/C14H20O/c1-5-12(15)8-9-13-11(2)7-6-10-14(13,3)4/h1,8-9,12,15H,6-7,10H2,2-4H3. The van der Waals surface area contributed by atoms with E-state index in [1.165, 1.54) is 24.0 Å². The maximum atomic E-state index is 9.30. The number of rotatable bonds is 2. The van der Waals surface area contributed by atoms with Crippen molar-refractivity contribution in [3.63, 3.8) is 0 Å². The van der Waals surface area contributed by atoms with Gasteiger partial charge in [0.25, 0.3) is 0 Å². The van der Waals surface area contributed by atoms with Crippen LogP contribution in [0.2, 0.25) is 0 Å². The van der Waals surface area contributed by atoms with Crippen LogP contribution in [0.5, 0.6) is 0 Å². The lowest BCUT2D eigenvalue weighted by Gasteiger charge is -2.33. The van der Waals surface area contributed by atoms with Gasteiger partial charge in [-0.05, 0) is 43.3 Å². The second-order valence-electron chi connectivity index (χ2n) is 4.90. The summed E-state index contributed by atoms with van der Waals surface area (Å²) in [6.45, 7) is 6.66. The minimum absolute atomic E-state index is 0.215. The Bertz CT molecular complexity index is 326. The van der Waals surface area contributed by atoms with Crippen LogP contribution >= 0.6 is 0 Å². The molecule has 1 unspecified atom stereocenters. The lowest BCUT2D eigenvalue weighted by atomic mass is 9.72. The largest absolute Gasteiger partial charge is 0.377 e. The first-order valence-corrected chi connectivity index (χ1v) is 5.50. The zero-order valence-corrected chi connectivity index (χ0v) is 9.88. The smallest absolute Gasteiger partial charge is 0.133 e. The van der Waals surface area contributed by atoms with E-state index in [1.807, 2.05) is 6.08 Å². The average Bonchev–Trinajstić information content (AvgIpc) is 2.15. The molecule has 1 rings (SSSR count). The molecule has 82 valence electrons. The van der Waals surface area contributed by atoms with Crippen molar-refractivity contribution in [3.8, 4) is 12.3 Å². The first-order chi connectivity index (χ1) is 6.97. The Kier molecular flexibility index (Phi) is 3.77. The minimum Gasteiger partial charge on any atom is -0.377 e. The van der Waals surface area contributed by atoms with E-state index >= 15 is 0 Å². The number of aliphatic hydroxyl groups excluding tert-OH is 1. The molecule has 0 spiro atoms. The van der Waals surface area contributed by atoms with Gasteiger partial charge in [0.05, 0.1) is 0 Å². The van der Waals surface area contributed by atoms with Crippen molar-refractivity contribution in [2.24, 2.45) is 5.41 Å². The van der Waals surface area contributed by atoms with Crippen LogP contribution in [0, 0.1) is 17.8 Å². The molecular weight excluding hydrogens is 184 g/mol. The zero-order valence-electron chi connectivity index (χ0n) is 9.88. The predicted molar refractivity (Wildman–Crippen MR) is 64.3 cm³/mol. The topological polar surface area (TPSA) is 20.2 Å². The van der Waals surface area contributed by atoms with Crippen LogP contribution < -0.4 is 0 Å². The highest BCUT2D eigenvalue weighted by atomic mass is 16.3. The molecule has 0 aromatic carbocycles. The Morgan fingerprint density at radius 2 is 2.20 bits per heavy atom. The van der Waals surface area contributed by atoms with Crippen LogP contribution in [-0.2, 0) is 0 Å². The molecular formula is C14H20O. The minimum atomic E-state index is -0.761. The maximum Gasteiger partial charge on any atom is 0.133 e. The molecule has 0 aromatic rings. The van der Waals surface area contributed by atoms with Crippen molar-refractivity contribution in [1.82, 2.24) is 0 Å². The number of hydrogen-bond donors (Lipinski definition) is 1. The summed E-state index contributed by atoms with van der Waals surface area (Å²) in [4.78, 5) is 0. The number of terminal acetylenes is 1. The molecule has 1 nitrogen and oxygen atoms in total. The van der Waals surface area contributed by atoms with Crippen molar-refractivity contribution >= 4 is 0 Å². The second-order valence-corrected chi connectivity index (χ2v) is 4.90. The normalized spacial score (nSPS) is 22.9. The Labute approximate surface area is 92.9 Å². The van der Waals surface area contributed by atoms with Crippen molar-refractivity contribution in [2.75, 3.05) is 0 Å². The zero-order chi connectivity index (χ0) is 11.5. The number of aliphatic hydroxyl groups is 1. The Morgan fingerprint density at radius 3 is 2.73 bits per heavy atom. The number of hydrogen-bond acceptors (Lipinski definition) is 1. The quantitative estimate of drug-likeness (QED) is 0.685. The lowest BCUT2D eigenvalue weighted by Crippen LogP contribution is -2.19. The van der Waals surface area contributed by atoms with E-state index in [2.05, 4.69) is 26.7 Å². The molecule has 1 aliphatic rings. The highest BCUT2D eigenvalue weighted by Crippen LogP contribution is 2.40. The summed E-state index contributed by atoms with van der Waals surface area (Å²) in [7, 11) is 0. The van der Waals surface area contributed by atoms with Crippen molar-refractivity contribution in [3.05, 3.63) is 23.3 Å². The molecule has 0 aromatic heterocycles. The van der Waals surface area contributed by atoms with E-state index in [0.29, 0.717) is 0 Å². The van der Waals surface area contributed by atoms with Crippen LogP contribution in [0.15, 0.2) is 23.3 Å². The molecule has 0 amide bonds. The van der Waals surface area contributed by atoms with Gasteiger partial charge in [0.2, 0.25) is 0 Å². The molecule has 1 heteroatoms. The fraction of sp³-hybridized carbons (Fsp3) is 0.571. The third-order valence-electron chi connectivity index (χ3n) is 3.16. The molecule has 0 saturated carbocycles. The second kappa shape index (κ2) is 4.68. The summed E-state index contributed by atoms with van der Waals surface area (Å²) in [6.07, 6.45) is 11.7. The van der Waals surface area contributed by atoms with Gasteiger partial charge in [-0.2, -0.15) is 0 Å². The van der Waals surface area contributed by atoms with E-state index in [1.54, 1.807) is 6.08 Å². The van der Waals surface area contributed by atoms with Gasteiger partial charge in [0.1, 0.15) is 6.10 Å². The van der Waals surface area contributed by atoms with Crippen LogP contribution in [-0.4, -0.2) is 11.2 Å². The molecule has 0 fully saturated rings. The molecule has 1 atom stereocenters. The first-order valence-electron chi connectivity index (χ1n) is 5.50. The van der Waals surface area contributed by atoms with Crippen LogP contribution in [0.4, 0.5) is 0 Å². The highest BCUT2D eigenvalue weighted by molar-refractivity contribution is 5.33. The summed E-state index contributed by atoms with van der Waals surface area (Å²) in [6, 6.07) is 0. The van der Waals surface area contributed by atoms with Crippen molar-refractivity contribution in [1.29, 1.82) is 0 Å². The predicted octanol–water partition coefficient (Wildman–Crippen LogP) is 3.06. The van der Waals surface area contributed by atoms with Gasteiger partial charge in [-0.25, -0.2) is 0 Å². The molecule has 0 radical (unpaired) electrons. The van der Waals surface area contributed by atoms with Gasteiger partial charge in [-0.1, -0.05) is 31.4 Å². The van der Waals surface area contributed by atoms with Crippen molar-refractivity contribution in [2.45, 2.75) is 46.1 Å². The molecule has 0 saturated heterocycles. The van der Waals surface area contributed by atoms with Gasteiger partial charge >= 0.3 is 0 Å². The van der Waals surface area contributed by atoms with E-state index in [-0.39, 0.29) is 5.41 Å². The molecule has 1 aliphatic carbocycles. The fourth-order valence-corrected chi connectivity index (χ4v) is 2.25. The Balaban J connectivity index is 2.91. The van der Waals surface area contributed by atoms with Crippen LogP contribution in [0.25, 0.3) is 0 Å². The first kappa shape index (κ1) is 12.1. The number of allylic oxidation sites excluding steroid dienone is 3. The van der Waals surface area contributed by atoms with Gasteiger partial charge in [-0.15, -0.1) is 6.42 Å². The van der Waals surface area contributed by atoms with Crippen LogP contribution in [0.1, 0.15) is 40.0 Å². The molecule has 0 heterocycles. The summed E-state index contributed by atoms with van der Waals surface area (Å²) in [5.41, 5.74) is 2.97. The molecule has 15 heavy (non-hydrogen) atoms. The SMILES string of the molecule is C#CC(O)C=CC1=C(C)CCCC1(C)C. The molecule has 0 bridgehead atoms. The van der Waals surface area contributed by atoms with E-state index < -0.39 is 6.10 Å². The Hall–Kier alpha value is -1.00. The Morgan fingerprint density at radius 1 is 1.53 bits per heavy atom. The summed E-state index contributed by atoms with van der Waals surface area (Å²) in [5.74, 6) is 2.29. The fourth-order valence-electron chi connectivity index (χ4n) is 2.25. The van der Waals surface area contributed by atoms with E-state index in [9.17, 15) is 5.11 Å². The molecule has 1 N–H and O–H groups in total. The monoisotopic (exact) mass is 204 g/mol. The lowest BCUT2D eigenvalue weighted by molar-refractivity contribution is 0.280. The van der Waals surface area contributed by atoms with Gasteiger partial charge in [0.15, 0.2) is 0 Å². The van der Waals surface area contributed by atoms with Crippen LogP contribution in [0.3, 0.4) is 0 Å². The third kappa shape index (κ3) is 2.97. The third-order valence-corrected chi connectivity index (χ3v) is 3.16. The average molecular weight is 204 g/mol. The van der Waals surface area contributed by atoms with E-state index in [0.717, 1.165) is 6.42 Å². The summed E-state index contributed by atoms with van der Waals surface area (Å²) >= 11 is 0. The van der Waals surface area contributed by atoms with E-state index in [4.69, 9.17) is 6.42 Å². The highest BCUT2D eigenvalue weighted by Gasteiger charge is 2.26. The maximum absolute atomic E-state index is 9.30. The van der Waals surface area contributed by atoms with Gasteiger partial charge in [-0.3, -0.25) is 0 Å². The summed E-state index contributed by atoms with van der Waals surface area (Å²) in [5, 5.41) is 9.30.